The third-order valence-corrected chi connectivity index (χ3v) is 4.22. The average molecular weight is 378 g/mol. The number of rotatable bonds is 4. The Kier molecular flexibility index (Phi) is 4.05. The van der Waals surface area contributed by atoms with Crippen molar-refractivity contribution in [2.45, 2.75) is 25.5 Å². The molecule has 1 fully saturated rings. The summed E-state index contributed by atoms with van der Waals surface area (Å²) in [6.07, 6.45) is 1.06. The molecule has 0 aliphatic heterocycles. The van der Waals surface area contributed by atoms with Gasteiger partial charge in [0.2, 0.25) is 5.88 Å². The minimum absolute atomic E-state index is 0.0251. The first-order chi connectivity index (χ1) is 11.0. The van der Waals surface area contributed by atoms with Gasteiger partial charge in [0.1, 0.15) is 12.6 Å². The Morgan fingerprint density at radius 1 is 1.48 bits per heavy atom. The van der Waals surface area contributed by atoms with Crippen molar-refractivity contribution in [3.05, 3.63) is 33.0 Å². The molecule has 0 amide bonds. The molecule has 1 aliphatic carbocycles. The van der Waals surface area contributed by atoms with Gasteiger partial charge in [-0.1, -0.05) is 15.9 Å². The SMILES string of the molecule is N#CC1CC(Oc2nn(CC(=O)O)c(=O)c3ccc(Br)cc23)C1. The minimum atomic E-state index is -1.16. The van der Waals surface area contributed by atoms with E-state index in [-0.39, 0.29) is 17.9 Å². The lowest BCUT2D eigenvalue weighted by Crippen LogP contribution is -2.34. The number of hydrogen-bond donors (Lipinski definition) is 1. The topological polar surface area (TPSA) is 105 Å². The molecule has 3 rings (SSSR count). The van der Waals surface area contributed by atoms with Crippen LogP contribution < -0.4 is 10.3 Å². The van der Waals surface area contributed by atoms with Gasteiger partial charge < -0.3 is 9.84 Å². The van der Waals surface area contributed by atoms with Crippen molar-refractivity contribution in [1.82, 2.24) is 9.78 Å². The van der Waals surface area contributed by atoms with Crippen molar-refractivity contribution < 1.29 is 14.6 Å². The quantitative estimate of drug-likeness (QED) is 0.872. The highest BCUT2D eigenvalue weighted by atomic mass is 79.9. The zero-order chi connectivity index (χ0) is 16.6. The van der Waals surface area contributed by atoms with Crippen LogP contribution in [0.25, 0.3) is 10.8 Å². The second kappa shape index (κ2) is 6.01. The second-order valence-corrected chi connectivity index (χ2v) is 6.30. The van der Waals surface area contributed by atoms with E-state index < -0.39 is 18.1 Å². The second-order valence-electron chi connectivity index (χ2n) is 5.39. The Labute approximate surface area is 139 Å². The Morgan fingerprint density at radius 3 is 2.87 bits per heavy atom. The van der Waals surface area contributed by atoms with Crippen molar-refractivity contribution in [3.8, 4) is 11.9 Å². The van der Waals surface area contributed by atoms with Crippen LogP contribution >= 0.6 is 15.9 Å². The van der Waals surface area contributed by atoms with Gasteiger partial charge in [-0.3, -0.25) is 9.59 Å². The Hall–Kier alpha value is -2.40. The van der Waals surface area contributed by atoms with Crippen molar-refractivity contribution in [3.63, 3.8) is 0 Å². The maximum Gasteiger partial charge on any atom is 0.325 e. The van der Waals surface area contributed by atoms with Crippen LogP contribution in [0.3, 0.4) is 0 Å². The van der Waals surface area contributed by atoms with Crippen LogP contribution in [0.2, 0.25) is 0 Å². The van der Waals surface area contributed by atoms with E-state index in [1.54, 1.807) is 18.2 Å². The number of aromatic nitrogens is 2. The highest BCUT2D eigenvalue weighted by molar-refractivity contribution is 9.10. The van der Waals surface area contributed by atoms with E-state index in [2.05, 4.69) is 27.1 Å². The zero-order valence-corrected chi connectivity index (χ0v) is 13.5. The summed E-state index contributed by atoms with van der Waals surface area (Å²) in [6.45, 7) is -0.535. The molecular formula is C15H12BrN3O4. The van der Waals surface area contributed by atoms with E-state index in [1.165, 1.54) is 0 Å². The van der Waals surface area contributed by atoms with E-state index in [0.29, 0.717) is 23.6 Å². The van der Waals surface area contributed by atoms with Crippen molar-refractivity contribution in [2.24, 2.45) is 5.92 Å². The highest BCUT2D eigenvalue weighted by Gasteiger charge is 2.31. The summed E-state index contributed by atoms with van der Waals surface area (Å²) in [4.78, 5) is 23.2. The molecule has 1 N–H and O–H groups in total. The number of aliphatic carboxylic acids is 1. The number of hydrogen-bond acceptors (Lipinski definition) is 5. The number of carboxylic acid groups (broad SMARTS) is 1. The Bertz CT molecular complexity index is 881. The Morgan fingerprint density at radius 2 is 2.22 bits per heavy atom. The van der Waals surface area contributed by atoms with Crippen LogP contribution in [0.5, 0.6) is 5.88 Å². The lowest BCUT2D eigenvalue weighted by Gasteiger charge is -2.30. The zero-order valence-electron chi connectivity index (χ0n) is 11.9. The molecule has 2 aromatic rings. The molecule has 1 aliphatic rings. The first kappa shape index (κ1) is 15.5. The summed E-state index contributed by atoms with van der Waals surface area (Å²) in [7, 11) is 0. The van der Waals surface area contributed by atoms with Gasteiger partial charge in [0.05, 0.1) is 22.8 Å². The molecule has 8 heteroatoms. The standard InChI is InChI=1S/C15H12BrN3O4/c16-9-1-2-11-12(5-9)14(23-10-3-8(4-10)6-17)18-19(15(11)22)7-13(20)21/h1-2,5,8,10H,3-4,7H2,(H,20,21). The van der Waals surface area contributed by atoms with Gasteiger partial charge in [0.15, 0.2) is 0 Å². The van der Waals surface area contributed by atoms with E-state index in [4.69, 9.17) is 15.1 Å². The summed E-state index contributed by atoms with van der Waals surface area (Å²) < 4.78 is 7.44. The maximum atomic E-state index is 12.3. The van der Waals surface area contributed by atoms with Crippen LogP contribution in [0.15, 0.2) is 27.5 Å². The predicted molar refractivity (Wildman–Crippen MR) is 84.1 cm³/mol. The summed E-state index contributed by atoms with van der Waals surface area (Å²) >= 11 is 3.34. The van der Waals surface area contributed by atoms with Gasteiger partial charge in [-0.25, -0.2) is 4.68 Å². The maximum absolute atomic E-state index is 12.3. The van der Waals surface area contributed by atoms with E-state index in [0.717, 1.165) is 9.15 Å². The molecule has 1 aromatic heterocycles. The van der Waals surface area contributed by atoms with Crippen molar-refractivity contribution in [1.29, 1.82) is 5.26 Å². The number of fused-ring (bicyclic) bond motifs is 1. The van der Waals surface area contributed by atoms with Crippen LogP contribution in [-0.4, -0.2) is 27.0 Å². The fourth-order valence-corrected chi connectivity index (χ4v) is 2.84. The van der Waals surface area contributed by atoms with E-state index in [9.17, 15) is 9.59 Å². The number of benzene rings is 1. The first-order valence-electron chi connectivity index (χ1n) is 6.96. The van der Waals surface area contributed by atoms with Crippen molar-refractivity contribution in [2.75, 3.05) is 0 Å². The molecule has 118 valence electrons. The predicted octanol–water partition coefficient (Wildman–Crippen LogP) is 1.92. The molecule has 1 saturated carbocycles. The molecule has 23 heavy (non-hydrogen) atoms. The number of carboxylic acids is 1. The number of halogens is 1. The molecule has 0 spiro atoms. The number of carbonyl (C=O) groups is 1. The lowest BCUT2D eigenvalue weighted by molar-refractivity contribution is -0.138. The monoisotopic (exact) mass is 377 g/mol. The number of ether oxygens (including phenoxy) is 1. The third-order valence-electron chi connectivity index (χ3n) is 3.73. The molecule has 7 nitrogen and oxygen atoms in total. The summed E-state index contributed by atoms with van der Waals surface area (Å²) in [5, 5.41) is 22.7. The third kappa shape index (κ3) is 3.05. The molecule has 1 heterocycles. The highest BCUT2D eigenvalue weighted by Crippen LogP contribution is 2.32. The number of nitrogens with zero attached hydrogens (tertiary/aromatic N) is 3. The largest absolute Gasteiger partial charge is 0.480 e. The molecule has 0 radical (unpaired) electrons. The first-order valence-corrected chi connectivity index (χ1v) is 7.75. The molecule has 0 saturated heterocycles. The minimum Gasteiger partial charge on any atom is -0.480 e. The smallest absolute Gasteiger partial charge is 0.325 e. The van der Waals surface area contributed by atoms with Crippen LogP contribution in [0, 0.1) is 17.2 Å². The summed E-state index contributed by atoms with van der Waals surface area (Å²) in [5.41, 5.74) is -0.481. The van der Waals surface area contributed by atoms with Gasteiger partial charge in [0, 0.05) is 17.3 Å². The van der Waals surface area contributed by atoms with Gasteiger partial charge in [-0.15, -0.1) is 5.10 Å². The fraction of sp³-hybridized carbons (Fsp3) is 0.333. The molecular weight excluding hydrogens is 366 g/mol. The lowest BCUT2D eigenvalue weighted by atomic mass is 9.83. The van der Waals surface area contributed by atoms with Gasteiger partial charge in [-0.05, 0) is 18.2 Å². The summed E-state index contributed by atoms with van der Waals surface area (Å²) in [6, 6.07) is 7.19. The van der Waals surface area contributed by atoms with E-state index in [1.807, 2.05) is 0 Å². The summed E-state index contributed by atoms with van der Waals surface area (Å²) in [5.74, 6) is -0.971. The molecule has 0 unspecified atom stereocenters. The van der Waals surface area contributed by atoms with Crippen LogP contribution in [0.4, 0.5) is 0 Å². The molecule has 1 aromatic carbocycles. The van der Waals surface area contributed by atoms with Gasteiger partial charge in [0.25, 0.3) is 5.56 Å². The van der Waals surface area contributed by atoms with Gasteiger partial charge >= 0.3 is 5.97 Å². The van der Waals surface area contributed by atoms with Crippen LogP contribution in [-0.2, 0) is 11.3 Å². The normalized spacial score (nSPS) is 19.8. The van der Waals surface area contributed by atoms with E-state index >= 15 is 0 Å². The average Bonchev–Trinajstić information content (AvgIpc) is 2.46. The molecule has 0 atom stereocenters. The Balaban J connectivity index is 2.05. The van der Waals surface area contributed by atoms with Crippen molar-refractivity contribution >= 4 is 32.7 Å². The van der Waals surface area contributed by atoms with Crippen LogP contribution in [0.1, 0.15) is 12.8 Å². The molecule has 0 bridgehead atoms. The van der Waals surface area contributed by atoms with Gasteiger partial charge in [-0.2, -0.15) is 5.26 Å². The fourth-order valence-electron chi connectivity index (χ4n) is 2.48. The number of nitriles is 1.